The first kappa shape index (κ1) is 14.6. The third-order valence-electron chi connectivity index (χ3n) is 2.89. The maximum Gasteiger partial charge on any atom is 0.234 e. The van der Waals surface area contributed by atoms with Gasteiger partial charge in [-0.2, -0.15) is 0 Å². The van der Waals surface area contributed by atoms with Gasteiger partial charge in [-0.1, -0.05) is 26.0 Å². The van der Waals surface area contributed by atoms with Crippen LogP contribution in [0.5, 0.6) is 0 Å². The van der Waals surface area contributed by atoms with Crippen LogP contribution in [0.4, 0.5) is 4.39 Å². The van der Waals surface area contributed by atoms with Gasteiger partial charge in [-0.25, -0.2) is 4.39 Å². The van der Waals surface area contributed by atoms with E-state index < -0.39 is 0 Å². The Bertz CT molecular complexity index is 389. The molecule has 2 unspecified atom stereocenters. The van der Waals surface area contributed by atoms with Crippen molar-refractivity contribution < 1.29 is 9.18 Å². The van der Waals surface area contributed by atoms with Crippen LogP contribution in [0.15, 0.2) is 24.3 Å². The van der Waals surface area contributed by atoms with Crippen LogP contribution in [0.3, 0.4) is 0 Å². The molecule has 1 amide bonds. The number of rotatable bonds is 6. The topological polar surface area (TPSA) is 55.1 Å². The lowest BCUT2D eigenvalue weighted by Crippen LogP contribution is -2.49. The normalized spacial score (nSPS) is 14.5. The minimum absolute atomic E-state index is 0.107. The molecule has 0 aliphatic carbocycles. The van der Waals surface area contributed by atoms with E-state index in [0.717, 1.165) is 12.0 Å². The molecule has 0 heterocycles. The van der Waals surface area contributed by atoms with Gasteiger partial charge >= 0.3 is 0 Å². The van der Waals surface area contributed by atoms with Gasteiger partial charge in [0.25, 0.3) is 0 Å². The van der Waals surface area contributed by atoms with Gasteiger partial charge in [0.2, 0.25) is 5.91 Å². The van der Waals surface area contributed by atoms with Gasteiger partial charge in [-0.05, 0) is 37.0 Å². The average Bonchev–Trinajstić information content (AvgIpc) is 2.28. The Morgan fingerprint density at radius 3 is 2.28 bits per heavy atom. The summed E-state index contributed by atoms with van der Waals surface area (Å²) >= 11 is 0. The fraction of sp³-hybridized carbons (Fsp3) is 0.500. The predicted molar refractivity (Wildman–Crippen MR) is 70.5 cm³/mol. The van der Waals surface area contributed by atoms with Crippen molar-refractivity contribution in [1.29, 1.82) is 0 Å². The highest BCUT2D eigenvalue weighted by molar-refractivity contribution is 5.80. The standard InChI is InChI=1S/C14H21FN2O/c1-9(2)13(14(16)18)17-10(3)8-11-4-6-12(15)7-5-11/h4-7,9-10,13,17H,8H2,1-3H3,(H2,16,18). The van der Waals surface area contributed by atoms with Gasteiger partial charge in [-0.3, -0.25) is 4.79 Å². The van der Waals surface area contributed by atoms with Crippen molar-refractivity contribution in [2.75, 3.05) is 0 Å². The molecule has 1 aromatic carbocycles. The van der Waals surface area contributed by atoms with Crippen LogP contribution >= 0.6 is 0 Å². The Morgan fingerprint density at radius 1 is 1.28 bits per heavy atom. The molecule has 18 heavy (non-hydrogen) atoms. The summed E-state index contributed by atoms with van der Waals surface area (Å²) in [5, 5.41) is 3.21. The van der Waals surface area contributed by atoms with Gasteiger partial charge in [-0.15, -0.1) is 0 Å². The molecule has 0 bridgehead atoms. The average molecular weight is 252 g/mol. The van der Waals surface area contributed by atoms with Crippen molar-refractivity contribution in [2.45, 2.75) is 39.3 Å². The van der Waals surface area contributed by atoms with Crippen LogP contribution in [0.2, 0.25) is 0 Å². The number of halogens is 1. The number of amides is 1. The fourth-order valence-corrected chi connectivity index (χ4v) is 1.94. The number of benzene rings is 1. The monoisotopic (exact) mass is 252 g/mol. The van der Waals surface area contributed by atoms with Crippen molar-refractivity contribution in [3.05, 3.63) is 35.6 Å². The highest BCUT2D eigenvalue weighted by Gasteiger charge is 2.21. The van der Waals surface area contributed by atoms with Gasteiger partial charge in [0.15, 0.2) is 0 Å². The smallest absolute Gasteiger partial charge is 0.234 e. The van der Waals surface area contributed by atoms with Gasteiger partial charge in [0.05, 0.1) is 6.04 Å². The molecular weight excluding hydrogens is 231 g/mol. The quantitative estimate of drug-likeness (QED) is 0.812. The molecule has 3 nitrogen and oxygen atoms in total. The predicted octanol–water partition coefficient (Wildman–Crippen LogP) is 1.86. The molecule has 0 radical (unpaired) electrons. The summed E-state index contributed by atoms with van der Waals surface area (Å²) in [4.78, 5) is 11.3. The molecule has 0 saturated carbocycles. The van der Waals surface area contributed by atoms with E-state index in [4.69, 9.17) is 5.73 Å². The molecule has 0 spiro atoms. The van der Waals surface area contributed by atoms with Crippen molar-refractivity contribution in [2.24, 2.45) is 11.7 Å². The van der Waals surface area contributed by atoms with Gasteiger partial charge in [0.1, 0.15) is 5.82 Å². The highest BCUT2D eigenvalue weighted by Crippen LogP contribution is 2.08. The zero-order valence-corrected chi connectivity index (χ0v) is 11.1. The van der Waals surface area contributed by atoms with E-state index in [9.17, 15) is 9.18 Å². The van der Waals surface area contributed by atoms with Crippen LogP contribution in [0.25, 0.3) is 0 Å². The third-order valence-corrected chi connectivity index (χ3v) is 2.89. The minimum atomic E-state index is -0.337. The molecule has 4 heteroatoms. The van der Waals surface area contributed by atoms with Gasteiger partial charge in [0, 0.05) is 6.04 Å². The molecule has 2 atom stereocenters. The molecule has 0 saturated heterocycles. The van der Waals surface area contributed by atoms with Crippen molar-refractivity contribution in [3.63, 3.8) is 0 Å². The lowest BCUT2D eigenvalue weighted by atomic mass is 10.0. The molecule has 1 rings (SSSR count). The molecule has 0 aromatic heterocycles. The Kier molecular flexibility index (Phi) is 5.28. The van der Waals surface area contributed by atoms with Crippen LogP contribution < -0.4 is 11.1 Å². The number of carbonyl (C=O) groups is 1. The maximum atomic E-state index is 12.8. The van der Waals surface area contributed by atoms with E-state index in [1.54, 1.807) is 12.1 Å². The van der Waals surface area contributed by atoms with Gasteiger partial charge < -0.3 is 11.1 Å². The summed E-state index contributed by atoms with van der Waals surface area (Å²) < 4.78 is 12.8. The lowest BCUT2D eigenvalue weighted by Gasteiger charge is -2.23. The molecule has 3 N–H and O–H groups in total. The fourth-order valence-electron chi connectivity index (χ4n) is 1.94. The summed E-state index contributed by atoms with van der Waals surface area (Å²) in [6.07, 6.45) is 0.733. The number of carbonyl (C=O) groups excluding carboxylic acids is 1. The van der Waals surface area contributed by atoms with Crippen LogP contribution in [-0.4, -0.2) is 18.0 Å². The second-order valence-electron chi connectivity index (χ2n) is 5.02. The first-order valence-corrected chi connectivity index (χ1v) is 6.20. The number of hydrogen-bond acceptors (Lipinski definition) is 2. The first-order chi connectivity index (χ1) is 8.40. The molecular formula is C14H21FN2O. The summed E-state index contributed by atoms with van der Waals surface area (Å²) in [6.45, 7) is 5.89. The summed E-state index contributed by atoms with van der Waals surface area (Å²) in [5.41, 5.74) is 6.38. The Labute approximate surface area is 108 Å². The third kappa shape index (κ3) is 4.45. The largest absolute Gasteiger partial charge is 0.368 e. The number of nitrogens with two attached hydrogens (primary N) is 1. The van der Waals surface area contributed by atoms with E-state index in [2.05, 4.69) is 5.32 Å². The number of hydrogen-bond donors (Lipinski definition) is 2. The summed E-state index contributed by atoms with van der Waals surface area (Å²) in [7, 11) is 0. The minimum Gasteiger partial charge on any atom is -0.368 e. The second kappa shape index (κ2) is 6.50. The molecule has 0 fully saturated rings. The molecule has 100 valence electrons. The van der Waals surface area contributed by atoms with E-state index in [-0.39, 0.29) is 29.7 Å². The van der Waals surface area contributed by atoms with Crippen molar-refractivity contribution in [1.82, 2.24) is 5.32 Å². The second-order valence-corrected chi connectivity index (χ2v) is 5.02. The first-order valence-electron chi connectivity index (χ1n) is 6.20. The number of primary amides is 1. The SMILES string of the molecule is CC(Cc1ccc(F)cc1)NC(C(N)=O)C(C)C. The number of nitrogens with one attached hydrogen (secondary N) is 1. The summed E-state index contributed by atoms with van der Waals surface area (Å²) in [5.74, 6) is -0.425. The molecule has 1 aromatic rings. The Morgan fingerprint density at radius 2 is 1.83 bits per heavy atom. The van der Waals surface area contributed by atoms with Crippen molar-refractivity contribution >= 4 is 5.91 Å². The van der Waals surface area contributed by atoms with Crippen LogP contribution in [-0.2, 0) is 11.2 Å². The maximum absolute atomic E-state index is 12.8. The summed E-state index contributed by atoms with van der Waals surface area (Å²) in [6, 6.07) is 6.16. The highest BCUT2D eigenvalue weighted by atomic mass is 19.1. The Balaban J connectivity index is 2.57. The van der Waals surface area contributed by atoms with E-state index in [1.165, 1.54) is 12.1 Å². The van der Waals surface area contributed by atoms with E-state index in [0.29, 0.717) is 0 Å². The molecule has 0 aliphatic rings. The zero-order chi connectivity index (χ0) is 13.7. The molecule has 0 aliphatic heterocycles. The van der Waals surface area contributed by atoms with Crippen LogP contribution in [0.1, 0.15) is 26.3 Å². The van der Waals surface area contributed by atoms with Crippen LogP contribution in [0, 0.1) is 11.7 Å². The van der Waals surface area contributed by atoms with Crippen molar-refractivity contribution in [3.8, 4) is 0 Å². The Hall–Kier alpha value is -1.42. The lowest BCUT2D eigenvalue weighted by molar-refractivity contribution is -0.121. The van der Waals surface area contributed by atoms with E-state index in [1.807, 2.05) is 20.8 Å². The zero-order valence-electron chi connectivity index (χ0n) is 11.1. The van der Waals surface area contributed by atoms with E-state index >= 15 is 0 Å².